The Balaban J connectivity index is 1.88. The summed E-state index contributed by atoms with van der Waals surface area (Å²) in [6.07, 6.45) is 4.47. The van der Waals surface area contributed by atoms with Crippen LogP contribution >= 0.6 is 11.3 Å². The normalized spacial score (nSPS) is 18.5. The van der Waals surface area contributed by atoms with Crippen LogP contribution in [0.1, 0.15) is 46.6 Å². The van der Waals surface area contributed by atoms with Crippen LogP contribution in [0.5, 0.6) is 0 Å². The van der Waals surface area contributed by atoms with E-state index in [0.717, 1.165) is 23.8 Å². The summed E-state index contributed by atoms with van der Waals surface area (Å²) < 4.78 is 1.94. The minimum atomic E-state index is -0.189. The van der Waals surface area contributed by atoms with Crippen molar-refractivity contribution in [2.24, 2.45) is 0 Å². The number of aryl methyl sites for hydroxylation is 1. The van der Waals surface area contributed by atoms with Gasteiger partial charge < -0.3 is 15.1 Å². The molecule has 1 atom stereocenters. The van der Waals surface area contributed by atoms with E-state index in [1.54, 1.807) is 22.4 Å². The maximum atomic E-state index is 12.9. The first-order valence-corrected chi connectivity index (χ1v) is 9.68. The Hall–Kier alpha value is -1.93. The van der Waals surface area contributed by atoms with Crippen LogP contribution in [0.15, 0.2) is 12.4 Å². The predicted octanol–water partition coefficient (Wildman–Crippen LogP) is 2.57. The number of rotatable bonds is 5. The van der Waals surface area contributed by atoms with Crippen molar-refractivity contribution in [1.29, 1.82) is 0 Å². The van der Waals surface area contributed by atoms with Gasteiger partial charge in [-0.3, -0.25) is 4.79 Å². The second kappa shape index (κ2) is 7.00. The van der Waals surface area contributed by atoms with Gasteiger partial charge in [-0.15, -0.1) is 11.3 Å². The van der Waals surface area contributed by atoms with E-state index in [-0.39, 0.29) is 17.5 Å². The first-order chi connectivity index (χ1) is 12.2. The van der Waals surface area contributed by atoms with Crippen LogP contribution in [0.4, 0.5) is 5.82 Å². The molecule has 8 heteroatoms. The molecule has 1 aliphatic heterocycles. The monoisotopic (exact) mass is 376 g/mol. The Labute approximate surface area is 159 Å². The maximum Gasteiger partial charge on any atom is 0.259 e. The Bertz CT molecular complexity index is 793. The van der Waals surface area contributed by atoms with Crippen molar-refractivity contribution in [3.8, 4) is 0 Å². The molecule has 2 aromatic heterocycles. The lowest BCUT2D eigenvalue weighted by Crippen LogP contribution is -2.39. The summed E-state index contributed by atoms with van der Waals surface area (Å²) in [4.78, 5) is 22.5. The molecule has 3 rings (SSSR count). The summed E-state index contributed by atoms with van der Waals surface area (Å²) in [6, 6.07) is 0.0894. The summed E-state index contributed by atoms with van der Waals surface area (Å²) >= 11 is 1.70. The number of fused-ring (bicyclic) bond motifs is 1. The zero-order chi connectivity index (χ0) is 19.1. The van der Waals surface area contributed by atoms with Gasteiger partial charge in [0.15, 0.2) is 0 Å². The van der Waals surface area contributed by atoms with Crippen molar-refractivity contribution in [2.75, 3.05) is 39.5 Å². The van der Waals surface area contributed by atoms with Crippen molar-refractivity contribution >= 4 is 23.1 Å². The van der Waals surface area contributed by atoms with E-state index < -0.39 is 0 Å². The largest absolute Gasteiger partial charge is 0.360 e. The molecule has 0 bridgehead atoms. The van der Waals surface area contributed by atoms with Gasteiger partial charge in [-0.2, -0.15) is 5.10 Å². The molecular formula is C18H28N6OS. The number of carbonyl (C=O) groups is 1. The zero-order valence-corrected chi connectivity index (χ0v) is 17.2. The molecule has 1 N–H and O–H groups in total. The summed E-state index contributed by atoms with van der Waals surface area (Å²) in [5.41, 5.74) is 0.434. The Kier molecular flexibility index (Phi) is 5.07. The summed E-state index contributed by atoms with van der Waals surface area (Å²) in [7, 11) is 5.85. The minimum Gasteiger partial charge on any atom is -0.360 e. The van der Waals surface area contributed by atoms with Crippen LogP contribution < -0.4 is 5.32 Å². The first-order valence-electron chi connectivity index (χ1n) is 8.86. The molecule has 1 aliphatic rings. The van der Waals surface area contributed by atoms with Crippen molar-refractivity contribution in [2.45, 2.75) is 38.8 Å². The lowest BCUT2D eigenvalue weighted by atomic mass is 9.93. The highest BCUT2D eigenvalue weighted by Crippen LogP contribution is 2.40. The summed E-state index contributed by atoms with van der Waals surface area (Å²) in [5, 5.41) is 9.10. The number of thiazole rings is 1. The third kappa shape index (κ3) is 3.61. The van der Waals surface area contributed by atoms with Gasteiger partial charge in [0, 0.05) is 31.2 Å². The van der Waals surface area contributed by atoms with Crippen LogP contribution in [0.25, 0.3) is 0 Å². The van der Waals surface area contributed by atoms with Gasteiger partial charge in [0.25, 0.3) is 5.91 Å². The van der Waals surface area contributed by atoms with Crippen LogP contribution in [0, 0.1) is 6.92 Å². The molecule has 1 unspecified atom stereocenters. The Morgan fingerprint density at radius 2 is 2.08 bits per heavy atom. The van der Waals surface area contributed by atoms with Crippen molar-refractivity contribution < 1.29 is 4.79 Å². The number of aromatic nitrogens is 3. The van der Waals surface area contributed by atoms with Crippen LogP contribution in [0.2, 0.25) is 0 Å². The quantitative estimate of drug-likeness (QED) is 0.869. The van der Waals surface area contributed by atoms with Crippen LogP contribution in [0.3, 0.4) is 0 Å². The van der Waals surface area contributed by atoms with E-state index in [0.29, 0.717) is 12.1 Å². The fourth-order valence-corrected chi connectivity index (χ4v) is 4.07. The van der Waals surface area contributed by atoms with Gasteiger partial charge in [0.05, 0.1) is 17.8 Å². The molecule has 3 heterocycles. The Morgan fingerprint density at radius 3 is 2.69 bits per heavy atom. The lowest BCUT2D eigenvalue weighted by molar-refractivity contribution is 0.0786. The number of nitrogens with zero attached hydrogens (tertiary/aromatic N) is 5. The lowest BCUT2D eigenvalue weighted by Gasteiger charge is -2.37. The fraction of sp³-hybridized carbons (Fsp3) is 0.611. The molecule has 0 saturated carbocycles. The summed E-state index contributed by atoms with van der Waals surface area (Å²) in [6.45, 7) is 7.87. The molecule has 0 spiro atoms. The average molecular weight is 377 g/mol. The van der Waals surface area contributed by atoms with Gasteiger partial charge in [-0.25, -0.2) is 9.67 Å². The molecule has 0 fully saturated rings. The number of likely N-dealkylation sites (N-methyl/N-ethyl adjacent to an activating group) is 2. The van der Waals surface area contributed by atoms with Crippen molar-refractivity contribution in [1.82, 2.24) is 24.6 Å². The smallest absolute Gasteiger partial charge is 0.259 e. The van der Waals surface area contributed by atoms with Crippen molar-refractivity contribution in [3.05, 3.63) is 27.8 Å². The highest BCUT2D eigenvalue weighted by Gasteiger charge is 2.38. The molecule has 1 amide bonds. The van der Waals surface area contributed by atoms with Gasteiger partial charge in [0.2, 0.25) is 0 Å². The topological polar surface area (TPSA) is 66.3 Å². The third-order valence-electron chi connectivity index (χ3n) is 4.75. The molecule has 7 nitrogen and oxygen atoms in total. The molecule has 0 aromatic carbocycles. The van der Waals surface area contributed by atoms with Crippen molar-refractivity contribution in [3.63, 3.8) is 0 Å². The second-order valence-corrected chi connectivity index (χ2v) is 9.14. The van der Waals surface area contributed by atoms with Gasteiger partial charge in [-0.05, 0) is 41.3 Å². The number of hydrogen-bond donors (Lipinski definition) is 1. The van der Waals surface area contributed by atoms with Gasteiger partial charge in [-0.1, -0.05) is 0 Å². The SMILES string of the molecule is Cc1cnc(C2CC(C)(C)n3ncc(C(=O)N(C)CCN(C)C)c3N2)s1. The van der Waals surface area contributed by atoms with Crippen LogP contribution in [-0.4, -0.2) is 64.7 Å². The van der Waals surface area contributed by atoms with Gasteiger partial charge >= 0.3 is 0 Å². The highest BCUT2D eigenvalue weighted by molar-refractivity contribution is 7.11. The number of anilines is 1. The maximum absolute atomic E-state index is 12.9. The first kappa shape index (κ1) is 18.8. The Morgan fingerprint density at radius 1 is 1.35 bits per heavy atom. The van der Waals surface area contributed by atoms with E-state index in [1.165, 1.54) is 4.88 Å². The van der Waals surface area contributed by atoms with E-state index in [4.69, 9.17) is 0 Å². The van der Waals surface area contributed by atoms with Crippen LogP contribution in [-0.2, 0) is 5.54 Å². The summed E-state index contributed by atoms with van der Waals surface area (Å²) in [5.74, 6) is 0.785. The molecule has 26 heavy (non-hydrogen) atoms. The number of nitrogens with one attached hydrogen (secondary N) is 1. The highest BCUT2D eigenvalue weighted by atomic mass is 32.1. The minimum absolute atomic E-state index is 0.00707. The van der Waals surface area contributed by atoms with Gasteiger partial charge in [0.1, 0.15) is 16.4 Å². The number of carbonyl (C=O) groups excluding carboxylic acids is 1. The fourth-order valence-electron chi connectivity index (χ4n) is 3.24. The third-order valence-corrected chi connectivity index (χ3v) is 5.78. The second-order valence-electron chi connectivity index (χ2n) is 7.87. The molecule has 142 valence electrons. The average Bonchev–Trinajstić information content (AvgIpc) is 3.18. The number of amides is 1. The molecule has 0 saturated heterocycles. The number of hydrogen-bond acceptors (Lipinski definition) is 6. The predicted molar refractivity (Wildman–Crippen MR) is 105 cm³/mol. The molecular weight excluding hydrogens is 348 g/mol. The molecule has 0 radical (unpaired) electrons. The molecule has 2 aromatic rings. The van der Waals surface area contributed by atoms with E-state index in [2.05, 4.69) is 41.1 Å². The van der Waals surface area contributed by atoms with E-state index >= 15 is 0 Å². The van der Waals surface area contributed by atoms with E-state index in [1.807, 2.05) is 32.0 Å². The van der Waals surface area contributed by atoms with E-state index in [9.17, 15) is 4.79 Å². The zero-order valence-electron chi connectivity index (χ0n) is 16.4. The molecule has 0 aliphatic carbocycles. The standard InChI is InChI=1S/C18H28N6OS/c1-12-10-19-16(26-12)14-9-18(2,3)24-15(21-14)13(11-20-24)17(25)23(6)8-7-22(4)5/h10-11,14,21H,7-9H2,1-6H3.